The number of nitrogens with one attached hydrogen (secondary N) is 1. The van der Waals surface area contributed by atoms with Gasteiger partial charge in [-0.3, -0.25) is 0 Å². The maximum Gasteiger partial charge on any atom is 0.0693 e. The highest BCUT2D eigenvalue weighted by Gasteiger charge is 2.24. The van der Waals surface area contributed by atoms with Gasteiger partial charge in [0.1, 0.15) is 0 Å². The topological polar surface area (TPSA) is 32.3 Å². The minimum Gasteiger partial charge on any atom is -0.392 e. The first-order chi connectivity index (χ1) is 7.36. The van der Waals surface area contributed by atoms with Crippen LogP contribution >= 0.6 is 0 Å². The Morgan fingerprint density at radius 1 is 1.27 bits per heavy atom. The highest BCUT2D eigenvalue weighted by Crippen LogP contribution is 2.21. The summed E-state index contributed by atoms with van der Waals surface area (Å²) in [6, 6.07) is 0.370. The van der Waals surface area contributed by atoms with Crippen LogP contribution < -0.4 is 5.32 Å². The van der Waals surface area contributed by atoms with Gasteiger partial charge in [-0.05, 0) is 57.9 Å². The summed E-state index contributed by atoms with van der Waals surface area (Å²) in [6.07, 6.45) is 12.2. The van der Waals surface area contributed by atoms with Gasteiger partial charge in [0.15, 0.2) is 0 Å². The average molecular weight is 209 g/mol. The lowest BCUT2D eigenvalue weighted by Gasteiger charge is -2.18. The van der Waals surface area contributed by atoms with E-state index in [0.29, 0.717) is 6.04 Å². The van der Waals surface area contributed by atoms with Crippen molar-refractivity contribution >= 4 is 0 Å². The van der Waals surface area contributed by atoms with Gasteiger partial charge in [-0.1, -0.05) is 11.6 Å². The molecule has 0 radical (unpaired) electrons. The van der Waals surface area contributed by atoms with E-state index in [1.165, 1.54) is 38.5 Å². The van der Waals surface area contributed by atoms with Gasteiger partial charge >= 0.3 is 0 Å². The molecule has 2 unspecified atom stereocenters. The first-order valence-corrected chi connectivity index (χ1v) is 6.45. The van der Waals surface area contributed by atoms with Gasteiger partial charge in [0, 0.05) is 6.04 Å². The molecule has 2 atom stereocenters. The number of aliphatic hydroxyl groups excluding tert-OH is 1. The van der Waals surface area contributed by atoms with Crippen molar-refractivity contribution in [2.24, 2.45) is 0 Å². The Morgan fingerprint density at radius 2 is 2.20 bits per heavy atom. The van der Waals surface area contributed by atoms with E-state index in [1.807, 2.05) is 0 Å². The van der Waals surface area contributed by atoms with Crippen LogP contribution in [0.3, 0.4) is 0 Å². The van der Waals surface area contributed by atoms with Crippen molar-refractivity contribution < 1.29 is 5.11 Å². The zero-order valence-corrected chi connectivity index (χ0v) is 9.54. The Kier molecular flexibility index (Phi) is 4.21. The molecule has 1 fully saturated rings. The molecule has 0 aromatic rings. The summed E-state index contributed by atoms with van der Waals surface area (Å²) in [5.41, 5.74) is 1.63. The molecule has 1 saturated carbocycles. The van der Waals surface area contributed by atoms with E-state index in [4.69, 9.17) is 0 Å². The number of hydrogen-bond donors (Lipinski definition) is 2. The SMILES string of the molecule is OC1CCCC1NCCC1=CCCCC1. The molecule has 2 heteroatoms. The molecule has 2 aliphatic carbocycles. The Hall–Kier alpha value is -0.340. The molecule has 2 rings (SSSR count). The molecule has 0 aromatic heterocycles. The molecule has 2 N–H and O–H groups in total. The van der Waals surface area contributed by atoms with E-state index < -0.39 is 0 Å². The highest BCUT2D eigenvalue weighted by atomic mass is 16.3. The van der Waals surface area contributed by atoms with Crippen LogP contribution in [-0.4, -0.2) is 23.8 Å². The summed E-state index contributed by atoms with van der Waals surface area (Å²) < 4.78 is 0. The Balaban J connectivity index is 1.63. The third kappa shape index (κ3) is 3.32. The molecule has 0 spiro atoms. The van der Waals surface area contributed by atoms with Gasteiger partial charge < -0.3 is 10.4 Å². The summed E-state index contributed by atoms with van der Waals surface area (Å²) >= 11 is 0. The van der Waals surface area contributed by atoms with Crippen molar-refractivity contribution in [3.05, 3.63) is 11.6 Å². The average Bonchev–Trinajstić information content (AvgIpc) is 2.66. The largest absolute Gasteiger partial charge is 0.392 e. The first kappa shape index (κ1) is 11.2. The van der Waals surface area contributed by atoms with Crippen molar-refractivity contribution in [2.75, 3.05) is 6.54 Å². The van der Waals surface area contributed by atoms with Gasteiger partial charge in [0.25, 0.3) is 0 Å². The number of hydrogen-bond acceptors (Lipinski definition) is 2. The van der Waals surface area contributed by atoms with Crippen LogP contribution in [0.5, 0.6) is 0 Å². The Bertz CT molecular complexity index is 225. The van der Waals surface area contributed by atoms with Crippen molar-refractivity contribution in [1.82, 2.24) is 5.32 Å². The fourth-order valence-corrected chi connectivity index (χ4v) is 2.73. The lowest BCUT2D eigenvalue weighted by atomic mass is 9.97. The van der Waals surface area contributed by atoms with Crippen LogP contribution in [0.2, 0.25) is 0 Å². The van der Waals surface area contributed by atoms with Gasteiger partial charge in [0.2, 0.25) is 0 Å². The van der Waals surface area contributed by atoms with E-state index in [-0.39, 0.29) is 6.10 Å². The molecule has 15 heavy (non-hydrogen) atoms. The zero-order chi connectivity index (χ0) is 10.5. The maximum absolute atomic E-state index is 9.65. The minimum absolute atomic E-state index is 0.0923. The second-order valence-electron chi connectivity index (χ2n) is 4.92. The summed E-state index contributed by atoms with van der Waals surface area (Å²) in [4.78, 5) is 0. The van der Waals surface area contributed by atoms with Crippen molar-refractivity contribution in [3.63, 3.8) is 0 Å². The van der Waals surface area contributed by atoms with E-state index >= 15 is 0 Å². The van der Waals surface area contributed by atoms with E-state index in [1.54, 1.807) is 5.57 Å². The third-order valence-corrected chi connectivity index (χ3v) is 3.72. The van der Waals surface area contributed by atoms with Crippen LogP contribution in [0.15, 0.2) is 11.6 Å². The lowest BCUT2D eigenvalue weighted by molar-refractivity contribution is 0.149. The minimum atomic E-state index is -0.0923. The molecule has 2 aliphatic rings. The van der Waals surface area contributed by atoms with Gasteiger partial charge in [-0.15, -0.1) is 0 Å². The van der Waals surface area contributed by atoms with Gasteiger partial charge in [0.05, 0.1) is 6.10 Å². The monoisotopic (exact) mass is 209 g/mol. The van der Waals surface area contributed by atoms with E-state index in [0.717, 1.165) is 19.4 Å². The Labute approximate surface area is 92.8 Å². The number of aliphatic hydroxyl groups is 1. The molecule has 0 saturated heterocycles. The molecule has 0 aromatic carbocycles. The summed E-state index contributed by atoms with van der Waals surface area (Å²) in [5, 5.41) is 13.1. The predicted octanol–water partition coefficient (Wildman–Crippen LogP) is 2.38. The zero-order valence-electron chi connectivity index (χ0n) is 9.54. The lowest BCUT2D eigenvalue weighted by Crippen LogP contribution is -2.36. The van der Waals surface area contributed by atoms with E-state index in [9.17, 15) is 5.11 Å². The quantitative estimate of drug-likeness (QED) is 0.697. The fraction of sp³-hybridized carbons (Fsp3) is 0.846. The van der Waals surface area contributed by atoms with E-state index in [2.05, 4.69) is 11.4 Å². The van der Waals surface area contributed by atoms with Crippen LogP contribution in [0, 0.1) is 0 Å². The molecule has 86 valence electrons. The molecule has 0 heterocycles. The van der Waals surface area contributed by atoms with Crippen molar-refractivity contribution in [3.8, 4) is 0 Å². The summed E-state index contributed by atoms with van der Waals surface area (Å²) in [7, 11) is 0. The highest BCUT2D eigenvalue weighted by molar-refractivity contribution is 5.05. The predicted molar refractivity (Wildman–Crippen MR) is 62.8 cm³/mol. The Morgan fingerprint density at radius 3 is 2.87 bits per heavy atom. The number of rotatable bonds is 4. The van der Waals surface area contributed by atoms with Crippen LogP contribution in [0.4, 0.5) is 0 Å². The van der Waals surface area contributed by atoms with Crippen LogP contribution in [-0.2, 0) is 0 Å². The normalized spacial score (nSPS) is 31.7. The molecular formula is C13H23NO. The van der Waals surface area contributed by atoms with Gasteiger partial charge in [-0.25, -0.2) is 0 Å². The number of allylic oxidation sites excluding steroid dienone is 1. The molecular weight excluding hydrogens is 186 g/mol. The smallest absolute Gasteiger partial charge is 0.0693 e. The first-order valence-electron chi connectivity index (χ1n) is 6.45. The van der Waals surface area contributed by atoms with Crippen LogP contribution in [0.1, 0.15) is 51.4 Å². The van der Waals surface area contributed by atoms with Crippen LogP contribution in [0.25, 0.3) is 0 Å². The van der Waals surface area contributed by atoms with Crippen molar-refractivity contribution in [2.45, 2.75) is 63.5 Å². The second kappa shape index (κ2) is 5.66. The second-order valence-corrected chi connectivity index (χ2v) is 4.92. The molecule has 0 amide bonds. The van der Waals surface area contributed by atoms with Crippen molar-refractivity contribution in [1.29, 1.82) is 0 Å². The standard InChI is InChI=1S/C13H23NO/c15-13-8-4-7-12(13)14-10-9-11-5-2-1-3-6-11/h5,12-15H,1-4,6-10H2. The molecule has 0 bridgehead atoms. The maximum atomic E-state index is 9.65. The third-order valence-electron chi connectivity index (χ3n) is 3.72. The fourth-order valence-electron chi connectivity index (χ4n) is 2.73. The summed E-state index contributed by atoms with van der Waals surface area (Å²) in [6.45, 7) is 1.05. The van der Waals surface area contributed by atoms with Gasteiger partial charge in [-0.2, -0.15) is 0 Å². The molecule has 0 aliphatic heterocycles. The molecule has 2 nitrogen and oxygen atoms in total. The summed E-state index contributed by atoms with van der Waals surface area (Å²) in [5.74, 6) is 0.